The van der Waals surface area contributed by atoms with Crippen molar-refractivity contribution in [1.82, 2.24) is 5.32 Å². The van der Waals surface area contributed by atoms with Gasteiger partial charge in [-0.3, -0.25) is 9.59 Å². The molecule has 0 spiro atoms. The molecule has 0 radical (unpaired) electrons. The lowest BCUT2D eigenvalue weighted by molar-refractivity contribution is -0.119. The number of halogens is 1. The van der Waals surface area contributed by atoms with Crippen LogP contribution in [0.2, 0.25) is 5.02 Å². The fourth-order valence-electron chi connectivity index (χ4n) is 2.69. The number of carbonyl (C=O) groups excluding carboxylic acids is 2. The molecule has 0 aliphatic carbocycles. The number of amides is 2. The fourth-order valence-corrected chi connectivity index (χ4v) is 2.91. The Labute approximate surface area is 150 Å². The summed E-state index contributed by atoms with van der Waals surface area (Å²) in [5.74, 6) is -0.925. The first-order chi connectivity index (χ1) is 12.0. The summed E-state index contributed by atoms with van der Waals surface area (Å²) in [5, 5.41) is 5.28. The standard InChI is InChI=1S/C20H17ClN2O2/c21-17-7-3-4-13(10-17)11-18(19(22)24)23-20(25)16-9-8-14-5-1-2-6-15(14)12-16/h1-10,12,18H,11H2,(H2,22,24)(H,23,25)/t18-/m1/s1. The number of fused-ring (bicyclic) bond motifs is 1. The quantitative estimate of drug-likeness (QED) is 0.739. The number of nitrogens with one attached hydrogen (secondary N) is 1. The van der Waals surface area contributed by atoms with Crippen molar-refractivity contribution in [3.63, 3.8) is 0 Å². The van der Waals surface area contributed by atoms with Gasteiger partial charge in [-0.1, -0.05) is 54.1 Å². The summed E-state index contributed by atoms with van der Waals surface area (Å²) in [6, 6.07) is 19.5. The van der Waals surface area contributed by atoms with Gasteiger partial charge in [-0.15, -0.1) is 0 Å². The first kappa shape index (κ1) is 17.0. The molecule has 0 unspecified atom stereocenters. The van der Waals surface area contributed by atoms with Crippen LogP contribution in [0.4, 0.5) is 0 Å². The van der Waals surface area contributed by atoms with Crippen molar-refractivity contribution in [2.45, 2.75) is 12.5 Å². The first-order valence-electron chi connectivity index (χ1n) is 7.86. The van der Waals surface area contributed by atoms with Gasteiger partial charge in [0, 0.05) is 17.0 Å². The molecule has 0 aromatic heterocycles. The summed E-state index contributed by atoms with van der Waals surface area (Å²) in [6.45, 7) is 0. The Morgan fingerprint density at radius 2 is 1.72 bits per heavy atom. The van der Waals surface area contributed by atoms with Crippen molar-refractivity contribution in [2.75, 3.05) is 0 Å². The van der Waals surface area contributed by atoms with E-state index in [-0.39, 0.29) is 12.3 Å². The van der Waals surface area contributed by atoms with Gasteiger partial charge in [0.05, 0.1) is 0 Å². The van der Waals surface area contributed by atoms with Crippen LogP contribution >= 0.6 is 11.6 Å². The second-order valence-electron chi connectivity index (χ2n) is 5.82. The summed E-state index contributed by atoms with van der Waals surface area (Å²) in [7, 11) is 0. The lowest BCUT2D eigenvalue weighted by Gasteiger charge is -2.16. The van der Waals surface area contributed by atoms with E-state index in [1.165, 1.54) is 0 Å². The smallest absolute Gasteiger partial charge is 0.251 e. The van der Waals surface area contributed by atoms with Crippen molar-refractivity contribution < 1.29 is 9.59 Å². The molecule has 0 fully saturated rings. The largest absolute Gasteiger partial charge is 0.368 e. The molecule has 0 aliphatic heterocycles. The average Bonchev–Trinajstić information content (AvgIpc) is 2.60. The molecule has 126 valence electrons. The van der Waals surface area contributed by atoms with E-state index in [4.69, 9.17) is 17.3 Å². The van der Waals surface area contributed by atoms with Gasteiger partial charge in [0.25, 0.3) is 5.91 Å². The number of primary amides is 1. The molecular formula is C20H17ClN2O2. The lowest BCUT2D eigenvalue weighted by atomic mass is 10.0. The summed E-state index contributed by atoms with van der Waals surface area (Å²) >= 11 is 5.96. The Hall–Kier alpha value is -2.85. The number of hydrogen-bond donors (Lipinski definition) is 2. The molecule has 0 bridgehead atoms. The van der Waals surface area contributed by atoms with Crippen LogP contribution < -0.4 is 11.1 Å². The second-order valence-corrected chi connectivity index (χ2v) is 6.26. The van der Waals surface area contributed by atoms with Gasteiger partial charge >= 0.3 is 0 Å². The molecule has 3 aromatic carbocycles. The van der Waals surface area contributed by atoms with Gasteiger partial charge in [-0.05, 0) is 40.6 Å². The predicted octanol–water partition coefficient (Wildman–Crippen LogP) is 3.32. The lowest BCUT2D eigenvalue weighted by Crippen LogP contribution is -2.45. The normalized spacial score (nSPS) is 11.9. The van der Waals surface area contributed by atoms with E-state index in [1.807, 2.05) is 36.4 Å². The summed E-state index contributed by atoms with van der Waals surface area (Å²) in [5.41, 5.74) is 6.76. The molecule has 3 N–H and O–H groups in total. The van der Waals surface area contributed by atoms with Gasteiger partial charge in [0.1, 0.15) is 6.04 Å². The Morgan fingerprint density at radius 3 is 2.44 bits per heavy atom. The third kappa shape index (κ3) is 4.17. The third-order valence-electron chi connectivity index (χ3n) is 3.99. The zero-order chi connectivity index (χ0) is 17.8. The van der Waals surface area contributed by atoms with Gasteiger partial charge in [-0.25, -0.2) is 0 Å². The topological polar surface area (TPSA) is 72.2 Å². The minimum atomic E-state index is -0.808. The van der Waals surface area contributed by atoms with Gasteiger partial charge in [0.2, 0.25) is 5.91 Å². The van der Waals surface area contributed by atoms with Crippen LogP contribution in [0.15, 0.2) is 66.7 Å². The second kappa shape index (κ2) is 7.36. The van der Waals surface area contributed by atoms with E-state index in [9.17, 15) is 9.59 Å². The van der Waals surface area contributed by atoms with E-state index in [0.29, 0.717) is 10.6 Å². The predicted molar refractivity (Wildman–Crippen MR) is 99.6 cm³/mol. The molecule has 2 amide bonds. The monoisotopic (exact) mass is 352 g/mol. The van der Waals surface area contributed by atoms with E-state index in [2.05, 4.69) is 5.32 Å². The van der Waals surface area contributed by atoms with E-state index in [0.717, 1.165) is 16.3 Å². The van der Waals surface area contributed by atoms with Crippen LogP contribution in [0.1, 0.15) is 15.9 Å². The number of hydrogen-bond acceptors (Lipinski definition) is 2. The summed E-state index contributed by atoms with van der Waals surface area (Å²) in [6.07, 6.45) is 0.287. The molecule has 1 atom stereocenters. The fraction of sp³-hybridized carbons (Fsp3) is 0.100. The van der Waals surface area contributed by atoms with Crippen LogP contribution in [0.25, 0.3) is 10.8 Å². The molecule has 0 aliphatic rings. The zero-order valence-corrected chi connectivity index (χ0v) is 14.2. The molecule has 0 heterocycles. The maximum Gasteiger partial charge on any atom is 0.251 e. The van der Waals surface area contributed by atoms with Crippen LogP contribution in [0, 0.1) is 0 Å². The van der Waals surface area contributed by atoms with E-state index < -0.39 is 11.9 Å². The Morgan fingerprint density at radius 1 is 0.960 bits per heavy atom. The van der Waals surface area contributed by atoms with Gasteiger partial charge < -0.3 is 11.1 Å². The number of carbonyl (C=O) groups is 2. The van der Waals surface area contributed by atoms with Crippen LogP contribution in [-0.4, -0.2) is 17.9 Å². The van der Waals surface area contributed by atoms with E-state index >= 15 is 0 Å². The van der Waals surface area contributed by atoms with Gasteiger partial charge in [-0.2, -0.15) is 0 Å². The van der Waals surface area contributed by atoms with E-state index in [1.54, 1.807) is 30.3 Å². The van der Waals surface area contributed by atoms with Crippen LogP contribution in [0.3, 0.4) is 0 Å². The highest BCUT2D eigenvalue weighted by molar-refractivity contribution is 6.30. The molecule has 5 heteroatoms. The third-order valence-corrected chi connectivity index (χ3v) is 4.22. The van der Waals surface area contributed by atoms with Crippen molar-refractivity contribution >= 4 is 34.2 Å². The van der Waals surface area contributed by atoms with Crippen LogP contribution in [0.5, 0.6) is 0 Å². The van der Waals surface area contributed by atoms with Crippen molar-refractivity contribution in [2.24, 2.45) is 5.73 Å². The molecular weight excluding hydrogens is 336 g/mol. The average molecular weight is 353 g/mol. The van der Waals surface area contributed by atoms with Gasteiger partial charge in [0.15, 0.2) is 0 Å². The minimum Gasteiger partial charge on any atom is -0.368 e. The highest BCUT2D eigenvalue weighted by atomic mass is 35.5. The summed E-state index contributed by atoms with van der Waals surface area (Å²) < 4.78 is 0. The Kier molecular flexibility index (Phi) is 5.00. The molecule has 0 saturated heterocycles. The molecule has 3 rings (SSSR count). The highest BCUT2D eigenvalue weighted by Crippen LogP contribution is 2.16. The zero-order valence-electron chi connectivity index (χ0n) is 13.4. The van der Waals surface area contributed by atoms with Crippen LogP contribution in [-0.2, 0) is 11.2 Å². The molecule has 25 heavy (non-hydrogen) atoms. The molecule has 4 nitrogen and oxygen atoms in total. The molecule has 3 aromatic rings. The molecule has 0 saturated carbocycles. The number of nitrogens with two attached hydrogens (primary N) is 1. The first-order valence-corrected chi connectivity index (χ1v) is 8.24. The van der Waals surface area contributed by atoms with Crippen molar-refractivity contribution in [1.29, 1.82) is 0 Å². The SMILES string of the molecule is NC(=O)[C@@H](Cc1cccc(Cl)c1)NC(=O)c1ccc2ccccc2c1. The maximum absolute atomic E-state index is 12.5. The summed E-state index contributed by atoms with van der Waals surface area (Å²) in [4.78, 5) is 24.3. The Bertz CT molecular complexity index is 940. The van der Waals surface area contributed by atoms with Crippen molar-refractivity contribution in [3.05, 3.63) is 82.9 Å². The van der Waals surface area contributed by atoms with Crippen molar-refractivity contribution in [3.8, 4) is 0 Å². The number of rotatable bonds is 5. The maximum atomic E-state index is 12.5. The minimum absolute atomic E-state index is 0.287. The number of benzene rings is 3. The highest BCUT2D eigenvalue weighted by Gasteiger charge is 2.19. The Balaban J connectivity index is 1.78.